The van der Waals surface area contributed by atoms with Crippen LogP contribution in [-0.2, 0) is 23.7 Å². The molecule has 3 N–H and O–H groups in total. The van der Waals surface area contributed by atoms with Gasteiger partial charge in [0.1, 0.15) is 12.7 Å². The summed E-state index contributed by atoms with van der Waals surface area (Å²) in [6, 6.07) is 0. The van der Waals surface area contributed by atoms with Crippen molar-refractivity contribution in [2.45, 2.75) is 125 Å². The average molecular weight is 555 g/mol. The predicted octanol–water partition coefficient (Wildman–Crippen LogP) is 3.23. The normalized spacial score (nSPS) is 54.5. The second kappa shape index (κ2) is 9.40. The van der Waals surface area contributed by atoms with Crippen molar-refractivity contribution >= 4 is 17.6 Å². The third kappa shape index (κ3) is 3.88. The molecule has 0 aromatic carbocycles. The number of alkyl halides is 1. The third-order valence-electron chi connectivity index (χ3n) is 11.7. The van der Waals surface area contributed by atoms with E-state index in [4.69, 9.17) is 30.5 Å². The van der Waals surface area contributed by atoms with Crippen molar-refractivity contribution in [2.24, 2.45) is 23.2 Å². The Kier molecular flexibility index (Phi) is 6.78. The first-order valence-corrected chi connectivity index (χ1v) is 14.8. The SMILES string of the molecule is CO[C@H]1C[C@@H](O[C@H]2CCC3(Cl)[C@H]4CC[C@]5(C)[C@@H](C6=CC(=O)OC6)CC[C@]5(O)[C@@H]4CC[C@]3(O)C2)O[C@H](C)[C@H]1O. The molecule has 0 radical (unpaired) electrons. The predicted molar refractivity (Wildman–Crippen MR) is 138 cm³/mol. The minimum atomic E-state index is -1.09. The van der Waals surface area contributed by atoms with Crippen LogP contribution in [0.1, 0.15) is 78.1 Å². The first kappa shape index (κ1) is 27.4. The number of methoxy groups -OCH3 is 1. The van der Waals surface area contributed by atoms with Gasteiger partial charge in [-0.2, -0.15) is 0 Å². The van der Waals surface area contributed by atoms with Gasteiger partial charge in [0.25, 0.3) is 0 Å². The van der Waals surface area contributed by atoms with E-state index in [1.165, 1.54) is 0 Å². The highest BCUT2D eigenvalue weighted by Crippen LogP contribution is 2.69. The van der Waals surface area contributed by atoms with Crippen LogP contribution < -0.4 is 0 Å². The number of fused-ring (bicyclic) bond motifs is 5. The smallest absolute Gasteiger partial charge is 0.331 e. The molecular weight excluding hydrogens is 512 g/mol. The van der Waals surface area contributed by atoms with E-state index in [1.54, 1.807) is 13.2 Å². The minimum Gasteiger partial charge on any atom is -0.458 e. The van der Waals surface area contributed by atoms with E-state index in [1.807, 2.05) is 6.92 Å². The number of esters is 1. The van der Waals surface area contributed by atoms with E-state index in [9.17, 15) is 20.1 Å². The molecule has 4 saturated carbocycles. The zero-order chi connectivity index (χ0) is 27.1. The fourth-order valence-corrected chi connectivity index (χ4v) is 10.1. The van der Waals surface area contributed by atoms with Crippen LogP contribution >= 0.6 is 11.6 Å². The summed E-state index contributed by atoms with van der Waals surface area (Å²) < 4.78 is 22.9. The van der Waals surface area contributed by atoms with Crippen LogP contribution in [0.2, 0.25) is 0 Å². The van der Waals surface area contributed by atoms with E-state index in [2.05, 4.69) is 6.92 Å². The lowest BCUT2D eigenvalue weighted by atomic mass is 9.46. The van der Waals surface area contributed by atoms with Crippen molar-refractivity contribution in [1.29, 1.82) is 0 Å². The summed E-state index contributed by atoms with van der Waals surface area (Å²) in [6.45, 7) is 4.33. The number of hydrogen-bond donors (Lipinski definition) is 3. The molecule has 0 spiro atoms. The number of halogens is 1. The Morgan fingerprint density at radius 2 is 1.84 bits per heavy atom. The van der Waals surface area contributed by atoms with Gasteiger partial charge in [-0.3, -0.25) is 0 Å². The lowest BCUT2D eigenvalue weighted by Crippen LogP contribution is -2.69. The standard InChI is InChI=1S/C29H43ClO8/c1-16-25(32)22(35-3)13-24(37-16)38-18-4-10-28(30)20-5-8-26(2)19(17-12-23(31)36-15-17)7-11-29(26,34)21(20)6-9-27(28,33)14-18/h12,16,18-22,24-25,32-34H,4-11,13-15H2,1-3H3/t16-,18+,19-,20+,21-,22+,24-,25-,26-,27+,28?,29+/m1/s1. The quantitative estimate of drug-likeness (QED) is 0.276. The van der Waals surface area contributed by atoms with Crippen LogP contribution in [0, 0.1) is 23.2 Å². The number of carbonyl (C=O) groups excluding carboxylic acids is 1. The minimum absolute atomic E-state index is 0.00610. The van der Waals surface area contributed by atoms with E-state index in [0.29, 0.717) is 51.6 Å². The summed E-state index contributed by atoms with van der Waals surface area (Å²) in [7, 11) is 1.58. The summed E-state index contributed by atoms with van der Waals surface area (Å²) in [5.74, 6) is -0.138. The van der Waals surface area contributed by atoms with Crippen LogP contribution in [0.3, 0.4) is 0 Å². The molecule has 0 bridgehead atoms. The summed E-state index contributed by atoms with van der Waals surface area (Å²) in [6.07, 6.45) is 6.06. The molecule has 12 atom stereocenters. The molecule has 5 fully saturated rings. The molecule has 38 heavy (non-hydrogen) atoms. The summed E-state index contributed by atoms with van der Waals surface area (Å²) in [5, 5.41) is 34.7. The van der Waals surface area contributed by atoms with Gasteiger partial charge in [0, 0.05) is 31.4 Å². The maximum atomic E-state index is 12.3. The number of hydrogen-bond acceptors (Lipinski definition) is 8. The molecule has 0 amide bonds. The van der Waals surface area contributed by atoms with Gasteiger partial charge in [0.2, 0.25) is 0 Å². The number of ether oxygens (including phenoxy) is 4. The number of rotatable bonds is 4. The fraction of sp³-hybridized carbons (Fsp3) is 0.897. The zero-order valence-electron chi connectivity index (χ0n) is 22.7. The summed E-state index contributed by atoms with van der Waals surface area (Å²) in [5.41, 5.74) is -1.30. The number of cyclic esters (lactones) is 1. The lowest BCUT2D eigenvalue weighted by Gasteiger charge is -2.65. The van der Waals surface area contributed by atoms with Gasteiger partial charge in [0.05, 0.1) is 34.4 Å². The molecule has 2 heterocycles. The van der Waals surface area contributed by atoms with Gasteiger partial charge in [0.15, 0.2) is 6.29 Å². The van der Waals surface area contributed by atoms with E-state index in [0.717, 1.165) is 24.8 Å². The van der Waals surface area contributed by atoms with Gasteiger partial charge in [-0.05, 0) is 81.6 Å². The van der Waals surface area contributed by atoms with Crippen LogP contribution in [0.25, 0.3) is 0 Å². The average Bonchev–Trinajstić information content (AvgIpc) is 3.41. The molecule has 0 aromatic rings. The molecule has 0 aromatic heterocycles. The molecule has 1 unspecified atom stereocenters. The lowest BCUT2D eigenvalue weighted by molar-refractivity contribution is -0.277. The molecular formula is C29H43ClO8. The van der Waals surface area contributed by atoms with Gasteiger partial charge < -0.3 is 34.3 Å². The molecule has 2 aliphatic heterocycles. The van der Waals surface area contributed by atoms with Crippen molar-refractivity contribution in [3.63, 3.8) is 0 Å². The number of carbonyl (C=O) groups is 1. The molecule has 8 nitrogen and oxygen atoms in total. The monoisotopic (exact) mass is 554 g/mol. The van der Waals surface area contributed by atoms with Gasteiger partial charge in [-0.25, -0.2) is 4.79 Å². The van der Waals surface area contributed by atoms with Gasteiger partial charge in [-0.1, -0.05) is 6.92 Å². The van der Waals surface area contributed by atoms with Gasteiger partial charge in [-0.15, -0.1) is 11.6 Å². The molecule has 214 valence electrons. The summed E-state index contributed by atoms with van der Waals surface area (Å²) >= 11 is 7.49. The van der Waals surface area contributed by atoms with Crippen molar-refractivity contribution in [3.8, 4) is 0 Å². The van der Waals surface area contributed by atoms with Crippen molar-refractivity contribution < 1.29 is 39.1 Å². The number of aliphatic hydroxyl groups is 3. The fourth-order valence-electron chi connectivity index (χ4n) is 9.58. The Morgan fingerprint density at radius 1 is 1.08 bits per heavy atom. The zero-order valence-corrected chi connectivity index (χ0v) is 23.5. The Labute approximate surface area is 230 Å². The molecule has 4 aliphatic carbocycles. The summed E-state index contributed by atoms with van der Waals surface area (Å²) in [4.78, 5) is 11.0. The molecule has 6 aliphatic rings. The van der Waals surface area contributed by atoms with Crippen LogP contribution in [0.15, 0.2) is 11.6 Å². The Balaban J connectivity index is 1.18. The Morgan fingerprint density at radius 3 is 2.55 bits per heavy atom. The molecule has 6 rings (SSSR count). The van der Waals surface area contributed by atoms with Crippen molar-refractivity contribution in [2.75, 3.05) is 13.7 Å². The third-order valence-corrected chi connectivity index (χ3v) is 12.5. The van der Waals surface area contributed by atoms with Crippen LogP contribution in [-0.4, -0.2) is 81.8 Å². The van der Waals surface area contributed by atoms with E-state index < -0.39 is 34.6 Å². The van der Waals surface area contributed by atoms with Crippen LogP contribution in [0.5, 0.6) is 0 Å². The van der Waals surface area contributed by atoms with E-state index >= 15 is 0 Å². The Bertz CT molecular complexity index is 990. The number of aliphatic hydroxyl groups excluding tert-OH is 1. The topological polar surface area (TPSA) is 115 Å². The molecule has 9 heteroatoms. The van der Waals surface area contributed by atoms with Crippen molar-refractivity contribution in [3.05, 3.63) is 11.6 Å². The highest BCUT2D eigenvalue weighted by atomic mass is 35.5. The van der Waals surface area contributed by atoms with Gasteiger partial charge >= 0.3 is 5.97 Å². The Hall–Kier alpha value is -0.740. The first-order chi connectivity index (χ1) is 17.9. The van der Waals surface area contributed by atoms with Crippen molar-refractivity contribution in [1.82, 2.24) is 0 Å². The first-order valence-electron chi connectivity index (χ1n) is 14.5. The molecule has 1 saturated heterocycles. The highest BCUT2D eigenvalue weighted by Gasteiger charge is 2.71. The second-order valence-electron chi connectivity index (χ2n) is 13.2. The second-order valence-corrected chi connectivity index (χ2v) is 13.9. The maximum Gasteiger partial charge on any atom is 0.331 e. The largest absolute Gasteiger partial charge is 0.458 e. The maximum absolute atomic E-state index is 12.3. The highest BCUT2D eigenvalue weighted by molar-refractivity contribution is 6.25. The van der Waals surface area contributed by atoms with E-state index in [-0.39, 0.29) is 41.3 Å². The van der Waals surface area contributed by atoms with Crippen LogP contribution in [0.4, 0.5) is 0 Å².